The molecule has 1 aliphatic heterocycles. The number of esters is 2. The van der Waals surface area contributed by atoms with Crippen molar-refractivity contribution in [1.82, 2.24) is 0 Å². The van der Waals surface area contributed by atoms with Crippen molar-refractivity contribution in [3.63, 3.8) is 0 Å². The summed E-state index contributed by atoms with van der Waals surface area (Å²) in [4.78, 5) is 63.7. The van der Waals surface area contributed by atoms with Gasteiger partial charge in [-0.3, -0.25) is 19.3 Å². The van der Waals surface area contributed by atoms with Crippen LogP contribution in [-0.4, -0.2) is 53.6 Å². The summed E-state index contributed by atoms with van der Waals surface area (Å²) < 4.78 is 9.99. The molecule has 9 nitrogen and oxygen atoms in total. The van der Waals surface area contributed by atoms with Crippen LogP contribution in [0.2, 0.25) is 0 Å². The van der Waals surface area contributed by atoms with Crippen LogP contribution in [0.1, 0.15) is 34.1 Å². The minimum atomic E-state index is -0.742. The predicted octanol–water partition coefficient (Wildman–Crippen LogP) is 3.63. The Balaban J connectivity index is 1.16. The molecule has 2 aromatic rings. The van der Waals surface area contributed by atoms with E-state index in [0.29, 0.717) is 23.4 Å². The smallest absolute Gasteiger partial charge is 0.338 e. The highest BCUT2D eigenvalue weighted by molar-refractivity contribution is 6.32. The molecule has 3 amide bonds. The molecule has 1 N–H and O–H groups in total. The second-order valence-corrected chi connectivity index (χ2v) is 10.5. The van der Waals surface area contributed by atoms with Crippen molar-refractivity contribution in [3.05, 3.63) is 59.7 Å². The lowest BCUT2D eigenvalue weighted by atomic mass is 9.80. The molecule has 198 valence electrons. The van der Waals surface area contributed by atoms with Crippen LogP contribution >= 0.6 is 23.2 Å². The maximum Gasteiger partial charge on any atom is 0.338 e. The monoisotopic (exact) mass is 558 g/mol. The van der Waals surface area contributed by atoms with Gasteiger partial charge in [0.25, 0.3) is 5.91 Å². The minimum Gasteiger partial charge on any atom is -0.462 e. The molecule has 11 heteroatoms. The summed E-state index contributed by atoms with van der Waals surface area (Å²) in [5, 5.41) is 1.90. The first-order valence-electron chi connectivity index (χ1n) is 12.2. The summed E-state index contributed by atoms with van der Waals surface area (Å²) in [6, 6.07) is 11.9. The topological polar surface area (TPSA) is 119 Å². The molecule has 5 rings (SSSR count). The van der Waals surface area contributed by atoms with Crippen molar-refractivity contribution < 1.29 is 33.4 Å². The fraction of sp³-hybridized carbons (Fsp3) is 0.370. The van der Waals surface area contributed by atoms with Crippen molar-refractivity contribution in [2.75, 3.05) is 23.4 Å². The lowest BCUT2D eigenvalue weighted by Crippen LogP contribution is -2.37. The Labute approximate surface area is 228 Å². The molecule has 2 aliphatic carbocycles. The minimum absolute atomic E-state index is 0.119. The molecule has 3 aliphatic rings. The van der Waals surface area contributed by atoms with Crippen molar-refractivity contribution in [1.29, 1.82) is 0 Å². The fourth-order valence-corrected chi connectivity index (χ4v) is 6.56. The van der Waals surface area contributed by atoms with Crippen LogP contribution in [0.4, 0.5) is 11.4 Å². The van der Waals surface area contributed by atoms with Crippen LogP contribution in [0.25, 0.3) is 0 Å². The zero-order valence-corrected chi connectivity index (χ0v) is 21.8. The number of amides is 3. The van der Waals surface area contributed by atoms with E-state index in [-0.39, 0.29) is 46.6 Å². The van der Waals surface area contributed by atoms with E-state index in [9.17, 15) is 24.0 Å². The molecule has 1 saturated heterocycles. The molecule has 38 heavy (non-hydrogen) atoms. The Kier molecular flexibility index (Phi) is 7.15. The second kappa shape index (κ2) is 10.4. The molecule has 1 heterocycles. The SMILES string of the molecule is CCOC(=O)c1ccc(NC(=O)COC(=O)c2ccc(N3C(=O)[C@@H]4[C@H]5C[C@@H]([C@H](Cl)[C@@H]5Cl)[C@@H]4C3=O)cc2)cc1. The summed E-state index contributed by atoms with van der Waals surface area (Å²) in [5.41, 5.74) is 1.27. The lowest BCUT2D eigenvalue weighted by molar-refractivity contribution is -0.123. The number of nitrogens with one attached hydrogen (secondary N) is 1. The Morgan fingerprint density at radius 1 is 0.842 bits per heavy atom. The van der Waals surface area contributed by atoms with Gasteiger partial charge in [0, 0.05) is 5.69 Å². The van der Waals surface area contributed by atoms with E-state index >= 15 is 0 Å². The first-order chi connectivity index (χ1) is 18.2. The van der Waals surface area contributed by atoms with Crippen molar-refractivity contribution in [2.45, 2.75) is 24.1 Å². The van der Waals surface area contributed by atoms with Gasteiger partial charge in [0.1, 0.15) is 0 Å². The van der Waals surface area contributed by atoms with Crippen molar-refractivity contribution >= 4 is 64.2 Å². The van der Waals surface area contributed by atoms with Gasteiger partial charge in [-0.2, -0.15) is 0 Å². The maximum atomic E-state index is 13.1. The lowest BCUT2D eigenvalue weighted by Gasteiger charge is -2.28. The number of hydrogen-bond acceptors (Lipinski definition) is 7. The normalized spacial score (nSPS) is 27.3. The van der Waals surface area contributed by atoms with E-state index in [1.807, 2.05) is 0 Å². The third kappa shape index (κ3) is 4.54. The highest BCUT2D eigenvalue weighted by Gasteiger charge is 2.66. The molecule has 0 unspecified atom stereocenters. The highest BCUT2D eigenvalue weighted by Crippen LogP contribution is 2.59. The van der Waals surface area contributed by atoms with Crippen LogP contribution in [0.3, 0.4) is 0 Å². The molecular formula is C27H24Cl2N2O7. The number of halogens is 2. The zero-order chi connectivity index (χ0) is 27.1. The van der Waals surface area contributed by atoms with Gasteiger partial charge in [-0.15, -0.1) is 23.2 Å². The van der Waals surface area contributed by atoms with Crippen molar-refractivity contribution in [2.24, 2.45) is 23.7 Å². The van der Waals surface area contributed by atoms with Gasteiger partial charge < -0.3 is 14.8 Å². The van der Waals surface area contributed by atoms with Crippen LogP contribution < -0.4 is 10.2 Å². The molecule has 6 atom stereocenters. The molecule has 2 aromatic carbocycles. The number of imide groups is 1. The molecule has 0 aromatic heterocycles. The summed E-state index contributed by atoms with van der Waals surface area (Å²) in [6.07, 6.45) is 0.681. The quantitative estimate of drug-likeness (QED) is 0.313. The highest BCUT2D eigenvalue weighted by atomic mass is 35.5. The van der Waals surface area contributed by atoms with Gasteiger partial charge in [0.15, 0.2) is 6.61 Å². The summed E-state index contributed by atoms with van der Waals surface area (Å²) in [5.74, 6) is -3.52. The number of benzene rings is 2. The van der Waals surface area contributed by atoms with Crippen LogP contribution in [-0.2, 0) is 23.9 Å². The van der Waals surface area contributed by atoms with Gasteiger partial charge in [-0.1, -0.05) is 0 Å². The van der Waals surface area contributed by atoms with Gasteiger partial charge in [-0.05, 0) is 73.7 Å². The molecular weight excluding hydrogens is 535 g/mol. The van der Waals surface area contributed by atoms with Crippen LogP contribution in [0, 0.1) is 23.7 Å². The zero-order valence-electron chi connectivity index (χ0n) is 20.3. The Morgan fingerprint density at radius 2 is 1.34 bits per heavy atom. The molecule has 0 spiro atoms. The summed E-state index contributed by atoms with van der Waals surface area (Å²) in [6.45, 7) is 1.43. The first-order valence-corrected chi connectivity index (χ1v) is 13.1. The average molecular weight is 559 g/mol. The standard InChI is InChI=1S/C27H24Cl2N2O7/c1-2-37-26(35)13-3-7-15(8-4-13)30-19(32)12-38-27(36)14-5-9-16(10-6-14)31-24(33)20-17-11-18(21(20)25(31)34)23(29)22(17)28/h3-10,17-18,20-23H,2,11-12H2,1H3,(H,30,32)/t17-,18-,20-,21+,22-,23+/m1/s1. The number of alkyl halides is 2. The number of carbonyl (C=O) groups excluding carboxylic acids is 5. The van der Waals surface area contributed by atoms with Gasteiger partial charge in [0.2, 0.25) is 11.8 Å². The number of hydrogen-bond donors (Lipinski definition) is 1. The first kappa shape index (κ1) is 26.2. The fourth-order valence-electron chi connectivity index (χ4n) is 5.67. The van der Waals surface area contributed by atoms with E-state index in [4.69, 9.17) is 32.7 Å². The van der Waals surface area contributed by atoms with E-state index in [1.54, 1.807) is 6.92 Å². The predicted molar refractivity (Wildman–Crippen MR) is 138 cm³/mol. The number of rotatable bonds is 7. The van der Waals surface area contributed by atoms with Crippen LogP contribution in [0.15, 0.2) is 48.5 Å². The largest absolute Gasteiger partial charge is 0.462 e. The summed E-state index contributed by atoms with van der Waals surface area (Å²) in [7, 11) is 0. The number of nitrogens with zero attached hydrogens (tertiary/aromatic N) is 1. The van der Waals surface area contributed by atoms with E-state index in [2.05, 4.69) is 5.32 Å². The molecule has 0 radical (unpaired) electrons. The number of carbonyl (C=O) groups is 5. The second-order valence-electron chi connectivity index (χ2n) is 9.48. The van der Waals surface area contributed by atoms with Gasteiger partial charge in [-0.25, -0.2) is 9.59 Å². The van der Waals surface area contributed by atoms with E-state index in [0.717, 1.165) is 4.90 Å². The number of ether oxygens (including phenoxy) is 2. The third-order valence-electron chi connectivity index (χ3n) is 7.36. The Morgan fingerprint density at radius 3 is 1.87 bits per heavy atom. The Bertz CT molecular complexity index is 1270. The van der Waals surface area contributed by atoms with E-state index in [1.165, 1.54) is 48.5 Å². The Hall–Kier alpha value is -3.43. The molecule has 2 saturated carbocycles. The number of anilines is 2. The molecule has 2 bridgehead atoms. The van der Waals surface area contributed by atoms with Gasteiger partial charge >= 0.3 is 11.9 Å². The average Bonchev–Trinajstić information content (AvgIpc) is 3.52. The van der Waals surface area contributed by atoms with Crippen LogP contribution in [0.5, 0.6) is 0 Å². The third-order valence-corrected chi connectivity index (χ3v) is 8.68. The van der Waals surface area contributed by atoms with E-state index < -0.39 is 36.3 Å². The summed E-state index contributed by atoms with van der Waals surface area (Å²) >= 11 is 12.8. The maximum absolute atomic E-state index is 13.1. The number of fused-ring (bicyclic) bond motifs is 5. The van der Waals surface area contributed by atoms with Gasteiger partial charge in [0.05, 0.1) is 46.0 Å². The van der Waals surface area contributed by atoms with Crippen molar-refractivity contribution in [3.8, 4) is 0 Å². The molecule has 3 fully saturated rings.